The van der Waals surface area contributed by atoms with Crippen molar-refractivity contribution in [1.82, 2.24) is 5.32 Å². The van der Waals surface area contributed by atoms with Crippen LogP contribution in [0.3, 0.4) is 0 Å². The van der Waals surface area contributed by atoms with Crippen LogP contribution in [0, 0.1) is 0 Å². The molecule has 1 amide bonds. The number of carbonyl (C=O) groups is 1. The molecule has 0 saturated carbocycles. The molecule has 5 nitrogen and oxygen atoms in total. The highest BCUT2D eigenvalue weighted by Crippen LogP contribution is 2.17. The van der Waals surface area contributed by atoms with E-state index in [1.807, 2.05) is 0 Å². The van der Waals surface area contributed by atoms with Gasteiger partial charge in [0.05, 0.1) is 31.3 Å². The van der Waals surface area contributed by atoms with Crippen LogP contribution in [0.25, 0.3) is 0 Å². The molecule has 0 aromatic heterocycles. The second-order valence-corrected chi connectivity index (χ2v) is 15.3. The van der Waals surface area contributed by atoms with Gasteiger partial charge in [0.15, 0.2) is 0 Å². The summed E-state index contributed by atoms with van der Waals surface area (Å²) in [4.78, 5) is 12.4. The number of unbranched alkanes of at least 4 members (excludes halogenated alkanes) is 31. The summed E-state index contributed by atoms with van der Waals surface area (Å²) in [5.41, 5.74) is 0. The van der Waals surface area contributed by atoms with E-state index in [0.29, 0.717) is 12.8 Å². The molecule has 0 aromatic carbocycles. The van der Waals surface area contributed by atoms with Crippen molar-refractivity contribution in [3.63, 3.8) is 0 Å². The molecule has 0 radical (unpaired) electrons. The number of hydrogen-bond acceptors (Lipinski definition) is 4. The molecule has 0 saturated heterocycles. The zero-order chi connectivity index (χ0) is 35.2. The third-order valence-electron chi connectivity index (χ3n) is 10.4. The van der Waals surface area contributed by atoms with Crippen molar-refractivity contribution >= 4 is 5.91 Å². The van der Waals surface area contributed by atoms with E-state index < -0.39 is 18.2 Å². The number of amides is 1. The molecule has 0 fully saturated rings. The van der Waals surface area contributed by atoms with Crippen LogP contribution in [0.15, 0.2) is 0 Å². The molecule has 48 heavy (non-hydrogen) atoms. The van der Waals surface area contributed by atoms with Crippen LogP contribution >= 0.6 is 0 Å². The van der Waals surface area contributed by atoms with Gasteiger partial charge in [-0.3, -0.25) is 4.79 Å². The van der Waals surface area contributed by atoms with E-state index in [0.717, 1.165) is 25.7 Å². The highest BCUT2D eigenvalue weighted by Gasteiger charge is 2.21. The standard InChI is InChI=1S/C43H87NO4/c1-3-5-7-9-11-13-15-17-19-20-21-22-23-24-26-28-30-32-34-36-40(46)38-43(48)44-41(39-45)42(47)37-35-33-31-29-27-25-18-16-14-12-10-8-6-4-2/h40-42,45-47H,3-39H2,1-2H3,(H,44,48). The first-order valence-corrected chi connectivity index (χ1v) is 21.8. The van der Waals surface area contributed by atoms with Crippen molar-refractivity contribution in [3.05, 3.63) is 0 Å². The molecular weight excluding hydrogens is 594 g/mol. The Morgan fingerprint density at radius 1 is 0.438 bits per heavy atom. The normalized spacial score (nSPS) is 13.5. The predicted octanol–water partition coefficient (Wildman–Crippen LogP) is 12.3. The third-order valence-corrected chi connectivity index (χ3v) is 10.4. The maximum atomic E-state index is 12.4. The van der Waals surface area contributed by atoms with Gasteiger partial charge in [-0.2, -0.15) is 0 Å². The Hall–Kier alpha value is -0.650. The molecule has 0 spiro atoms. The molecule has 0 aliphatic carbocycles. The summed E-state index contributed by atoms with van der Waals surface area (Å²) in [7, 11) is 0. The summed E-state index contributed by atoms with van der Waals surface area (Å²) in [5.74, 6) is -0.278. The molecule has 288 valence electrons. The molecule has 0 aliphatic rings. The van der Waals surface area contributed by atoms with Gasteiger partial charge in [0, 0.05) is 0 Å². The lowest BCUT2D eigenvalue weighted by molar-refractivity contribution is -0.125. The summed E-state index contributed by atoms with van der Waals surface area (Å²) in [6.07, 6.45) is 43.5. The van der Waals surface area contributed by atoms with Gasteiger partial charge in [-0.25, -0.2) is 0 Å². The number of nitrogens with one attached hydrogen (secondary N) is 1. The van der Waals surface area contributed by atoms with E-state index in [4.69, 9.17) is 0 Å². The summed E-state index contributed by atoms with van der Waals surface area (Å²) in [6, 6.07) is -0.651. The first-order chi connectivity index (χ1) is 23.5. The van der Waals surface area contributed by atoms with E-state index in [-0.39, 0.29) is 18.9 Å². The molecule has 0 aromatic rings. The Morgan fingerprint density at radius 3 is 1.00 bits per heavy atom. The van der Waals surface area contributed by atoms with Gasteiger partial charge in [0.2, 0.25) is 5.91 Å². The van der Waals surface area contributed by atoms with Gasteiger partial charge >= 0.3 is 0 Å². The van der Waals surface area contributed by atoms with Crippen molar-refractivity contribution in [2.75, 3.05) is 6.61 Å². The highest BCUT2D eigenvalue weighted by atomic mass is 16.3. The molecule has 3 unspecified atom stereocenters. The topological polar surface area (TPSA) is 89.8 Å². The largest absolute Gasteiger partial charge is 0.394 e. The maximum Gasteiger partial charge on any atom is 0.222 e. The molecule has 0 rings (SSSR count). The molecular formula is C43H87NO4. The average molecular weight is 682 g/mol. The van der Waals surface area contributed by atoms with Crippen LogP contribution in [0.4, 0.5) is 0 Å². The Bertz CT molecular complexity index is 630. The second kappa shape index (κ2) is 39.1. The third kappa shape index (κ3) is 35.2. The van der Waals surface area contributed by atoms with Gasteiger partial charge in [-0.1, -0.05) is 226 Å². The van der Waals surface area contributed by atoms with E-state index in [2.05, 4.69) is 19.2 Å². The fourth-order valence-electron chi connectivity index (χ4n) is 7.05. The quantitative estimate of drug-likeness (QED) is 0.0485. The monoisotopic (exact) mass is 682 g/mol. The molecule has 5 heteroatoms. The molecule has 0 heterocycles. The van der Waals surface area contributed by atoms with Crippen LogP contribution in [0.1, 0.15) is 245 Å². The van der Waals surface area contributed by atoms with E-state index >= 15 is 0 Å². The van der Waals surface area contributed by atoms with Gasteiger partial charge < -0.3 is 20.6 Å². The Morgan fingerprint density at radius 2 is 0.708 bits per heavy atom. The van der Waals surface area contributed by atoms with E-state index in [9.17, 15) is 20.1 Å². The number of aliphatic hydroxyl groups excluding tert-OH is 3. The fraction of sp³-hybridized carbons (Fsp3) is 0.977. The number of carbonyl (C=O) groups excluding carboxylic acids is 1. The molecule has 3 atom stereocenters. The lowest BCUT2D eigenvalue weighted by Gasteiger charge is -2.23. The van der Waals surface area contributed by atoms with Crippen molar-refractivity contribution in [2.45, 2.75) is 263 Å². The second-order valence-electron chi connectivity index (χ2n) is 15.3. The van der Waals surface area contributed by atoms with Crippen LogP contribution < -0.4 is 5.32 Å². The van der Waals surface area contributed by atoms with Crippen molar-refractivity contribution in [2.24, 2.45) is 0 Å². The average Bonchev–Trinajstić information content (AvgIpc) is 3.08. The van der Waals surface area contributed by atoms with Crippen LogP contribution in [0.5, 0.6) is 0 Å². The molecule has 4 N–H and O–H groups in total. The van der Waals surface area contributed by atoms with Crippen LogP contribution in [0.2, 0.25) is 0 Å². The number of aliphatic hydroxyl groups is 3. The summed E-state index contributed by atoms with van der Waals surface area (Å²) in [5, 5.41) is 33.4. The zero-order valence-corrected chi connectivity index (χ0v) is 32.6. The van der Waals surface area contributed by atoms with Gasteiger partial charge in [-0.15, -0.1) is 0 Å². The lowest BCUT2D eigenvalue weighted by Crippen LogP contribution is -2.46. The molecule has 0 bridgehead atoms. The summed E-state index contributed by atoms with van der Waals surface area (Å²) >= 11 is 0. The Balaban J connectivity index is 3.57. The van der Waals surface area contributed by atoms with Crippen molar-refractivity contribution < 1.29 is 20.1 Å². The minimum Gasteiger partial charge on any atom is -0.394 e. The first-order valence-electron chi connectivity index (χ1n) is 21.8. The molecule has 0 aliphatic heterocycles. The minimum absolute atomic E-state index is 0.0428. The smallest absolute Gasteiger partial charge is 0.222 e. The minimum atomic E-state index is -0.742. The van der Waals surface area contributed by atoms with Crippen molar-refractivity contribution in [1.29, 1.82) is 0 Å². The zero-order valence-electron chi connectivity index (χ0n) is 32.6. The van der Waals surface area contributed by atoms with E-state index in [1.54, 1.807) is 0 Å². The SMILES string of the molecule is CCCCCCCCCCCCCCCCCCCCCC(O)CC(=O)NC(CO)C(O)CCCCCCCCCCCCCCCC. The van der Waals surface area contributed by atoms with E-state index in [1.165, 1.54) is 186 Å². The first kappa shape index (κ1) is 47.4. The fourth-order valence-corrected chi connectivity index (χ4v) is 7.05. The Labute approximate surface area is 300 Å². The van der Waals surface area contributed by atoms with Crippen LogP contribution in [-0.4, -0.2) is 46.1 Å². The summed E-state index contributed by atoms with van der Waals surface area (Å²) < 4.78 is 0. The van der Waals surface area contributed by atoms with Gasteiger partial charge in [0.1, 0.15) is 0 Å². The van der Waals surface area contributed by atoms with Crippen molar-refractivity contribution in [3.8, 4) is 0 Å². The maximum absolute atomic E-state index is 12.4. The number of rotatable bonds is 40. The Kier molecular flexibility index (Phi) is 38.6. The highest BCUT2D eigenvalue weighted by molar-refractivity contribution is 5.76. The van der Waals surface area contributed by atoms with Crippen LogP contribution in [-0.2, 0) is 4.79 Å². The van der Waals surface area contributed by atoms with Gasteiger partial charge in [0.25, 0.3) is 0 Å². The summed E-state index contributed by atoms with van der Waals surface area (Å²) in [6.45, 7) is 4.28. The number of hydrogen-bond donors (Lipinski definition) is 4. The lowest BCUT2D eigenvalue weighted by atomic mass is 10.0. The predicted molar refractivity (Wildman–Crippen MR) is 209 cm³/mol. The van der Waals surface area contributed by atoms with Gasteiger partial charge in [-0.05, 0) is 12.8 Å².